The molecule has 4 atom stereocenters. The fourth-order valence-electron chi connectivity index (χ4n) is 6.72. The predicted molar refractivity (Wildman–Crippen MR) is 228 cm³/mol. The molecule has 2 bridgehead atoms. The third-order valence-electron chi connectivity index (χ3n) is 9.90. The number of rotatable bonds is 4. The fraction of sp³-hybridized carbons (Fsp3) is 0.317. The molecule has 0 unspecified atom stereocenters. The van der Waals surface area contributed by atoms with Gasteiger partial charge in [-0.1, -0.05) is 40.2 Å². The lowest BCUT2D eigenvalue weighted by atomic mass is 10.0. The first-order chi connectivity index (χ1) is 28.6. The Morgan fingerprint density at radius 1 is 0.783 bits per heavy atom. The van der Waals surface area contributed by atoms with Crippen LogP contribution in [0.4, 0.5) is 0 Å². The lowest BCUT2D eigenvalue weighted by molar-refractivity contribution is -0.134. The molecule has 0 saturated carbocycles. The Hall–Kier alpha value is -6.34. The van der Waals surface area contributed by atoms with Crippen molar-refractivity contribution in [3.05, 3.63) is 97.8 Å². The maximum atomic E-state index is 14.4. The number of para-hydroxylation sites is 1. The highest BCUT2D eigenvalue weighted by molar-refractivity contribution is 9.10. The number of allylic oxidation sites excluding steroid dienone is 1. The van der Waals surface area contributed by atoms with Gasteiger partial charge in [-0.05, 0) is 62.6 Å². The molecule has 19 heteroatoms. The first-order valence-corrected chi connectivity index (χ1v) is 20.7. The molecule has 60 heavy (non-hydrogen) atoms. The summed E-state index contributed by atoms with van der Waals surface area (Å²) in [6.45, 7) is 5.38. The van der Waals surface area contributed by atoms with Gasteiger partial charge < -0.3 is 46.8 Å². The van der Waals surface area contributed by atoms with Crippen LogP contribution in [0, 0.1) is 0 Å². The Balaban J connectivity index is 1.34. The zero-order valence-corrected chi connectivity index (χ0v) is 35.9. The van der Waals surface area contributed by atoms with E-state index < -0.39 is 72.1 Å². The summed E-state index contributed by atoms with van der Waals surface area (Å²) in [7, 11) is 1.40. The molecule has 5 aromatic rings. The third kappa shape index (κ3) is 10.1. The number of hydrogen-bond donors (Lipinski definition) is 8. The highest BCUT2D eigenvalue weighted by atomic mass is 79.9. The molecule has 0 fully saturated rings. The smallest absolute Gasteiger partial charge is 0.271 e. The minimum Gasteiger partial charge on any atom is -0.361 e. The quantitative estimate of drug-likeness (QED) is 0.125. The summed E-state index contributed by atoms with van der Waals surface area (Å²) in [5, 5.41) is 19.6. The molecule has 8 N–H and O–H groups in total. The number of carbonyl (C=O) groups excluding carboxylic acids is 7. The minimum absolute atomic E-state index is 0.00306. The number of likely N-dealkylation sites (N-methyl/N-ethyl adjacent to an activating group) is 1. The van der Waals surface area contributed by atoms with Crippen LogP contribution in [-0.2, 0) is 41.6 Å². The first kappa shape index (κ1) is 43.2. The molecule has 2 aromatic carbocycles. The number of fused-ring (bicyclic) bond motifs is 4. The summed E-state index contributed by atoms with van der Waals surface area (Å²) < 4.78 is 0.755. The molecule has 1 aliphatic heterocycles. The summed E-state index contributed by atoms with van der Waals surface area (Å²) in [5.41, 5.74) is 3.40. The molecule has 0 spiro atoms. The van der Waals surface area contributed by atoms with Gasteiger partial charge in [0.2, 0.25) is 29.5 Å². The van der Waals surface area contributed by atoms with Gasteiger partial charge in [-0.25, -0.2) is 4.98 Å². The summed E-state index contributed by atoms with van der Waals surface area (Å²) in [4.78, 5) is 107. The number of amides is 7. The second-order valence-corrected chi connectivity index (χ2v) is 16.5. The van der Waals surface area contributed by atoms with E-state index >= 15 is 0 Å². The van der Waals surface area contributed by atoms with Gasteiger partial charge >= 0.3 is 0 Å². The highest BCUT2D eigenvalue weighted by Crippen LogP contribution is 2.28. The number of aromatic nitrogens is 3. The average molecular weight is 902 g/mol. The van der Waals surface area contributed by atoms with Gasteiger partial charge in [-0.2, -0.15) is 0 Å². The Labute approximate surface area is 357 Å². The van der Waals surface area contributed by atoms with Crippen molar-refractivity contribution in [3.63, 3.8) is 0 Å². The highest BCUT2D eigenvalue weighted by Gasteiger charge is 2.31. The summed E-state index contributed by atoms with van der Waals surface area (Å²) in [5.74, 6) is -4.65. The molecule has 3 aromatic heterocycles. The van der Waals surface area contributed by atoms with Gasteiger partial charge in [0.1, 0.15) is 34.5 Å². The number of carbonyl (C=O) groups is 7. The number of hydrogen-bond acceptors (Lipinski definition) is 9. The van der Waals surface area contributed by atoms with Crippen molar-refractivity contribution >= 4 is 90.4 Å². The maximum Gasteiger partial charge on any atom is 0.271 e. The monoisotopic (exact) mass is 900 g/mol. The SMILES string of the molecule is CC(C)=C1NC(=O)[C@@H](C)NC(=O)CNC(=O)[C@H](Cc2c[nH]c3cccc(Br)c23)NC(=O)[C@H](Cc2c[nH]c3ccccc23)NC(=O)c2csc(n2)[C@@H](C)NC(=O)CN(C)C1=O. The molecular weight excluding hydrogens is 856 g/mol. The van der Waals surface area contributed by atoms with Crippen LogP contribution < -0.4 is 31.9 Å². The molecule has 314 valence electrons. The van der Waals surface area contributed by atoms with Crippen LogP contribution in [0.15, 0.2) is 76.0 Å². The Kier molecular flexibility index (Phi) is 13.5. The van der Waals surface area contributed by atoms with Crippen LogP contribution >= 0.6 is 27.3 Å². The van der Waals surface area contributed by atoms with Gasteiger partial charge in [0.05, 0.1) is 19.1 Å². The van der Waals surface area contributed by atoms with E-state index in [4.69, 9.17) is 0 Å². The first-order valence-electron chi connectivity index (χ1n) is 19.1. The summed E-state index contributed by atoms with van der Waals surface area (Å²) in [6.07, 6.45) is 3.49. The Bertz CT molecular complexity index is 2520. The van der Waals surface area contributed by atoms with Gasteiger partial charge in [-0.3, -0.25) is 33.6 Å². The largest absolute Gasteiger partial charge is 0.361 e. The number of halogens is 1. The maximum absolute atomic E-state index is 14.4. The van der Waals surface area contributed by atoms with Crippen molar-refractivity contribution in [2.75, 3.05) is 20.1 Å². The van der Waals surface area contributed by atoms with Gasteiger partial charge in [0.25, 0.3) is 11.8 Å². The standard InChI is InChI=1S/C41H45BrN10O7S/c1-20(2)35-41(59)52(5)18-33(54)47-22(4)40-50-31(19-60-40)39(58)49-30(13-23-15-43-27-11-7-6-9-25(23)27)38(57)48-29(14-24-16-44-28-12-8-10-26(42)34(24)28)37(56)45-17-32(53)46-21(3)36(55)51-35/h6-12,15-16,19,21-22,29-30,43-44H,13-14,17-18H2,1-5H3,(H,45,56)(H,46,53)(H,47,54)(H,48,57)(H,49,58)(H,51,55)/t21-,22-,29+,30+/m1/s1. The number of aromatic amines is 2. The second kappa shape index (κ2) is 18.7. The molecule has 1 aliphatic rings. The number of benzene rings is 2. The van der Waals surface area contributed by atoms with Crippen molar-refractivity contribution < 1.29 is 33.6 Å². The molecule has 4 heterocycles. The second-order valence-electron chi connectivity index (χ2n) is 14.7. The predicted octanol–water partition coefficient (Wildman–Crippen LogP) is 2.62. The molecule has 0 aliphatic carbocycles. The molecule has 6 rings (SSSR count). The topological polar surface area (TPSA) is 239 Å². The van der Waals surface area contributed by atoms with Crippen molar-refractivity contribution in [1.29, 1.82) is 0 Å². The van der Waals surface area contributed by atoms with E-state index in [9.17, 15) is 33.6 Å². The molecule has 7 amide bonds. The lowest BCUT2D eigenvalue weighted by Gasteiger charge is -2.24. The van der Waals surface area contributed by atoms with E-state index in [1.54, 1.807) is 33.2 Å². The minimum atomic E-state index is -1.25. The average Bonchev–Trinajstić information content (AvgIpc) is 3.97. The van der Waals surface area contributed by atoms with Crippen molar-refractivity contribution in [3.8, 4) is 0 Å². The van der Waals surface area contributed by atoms with Gasteiger partial charge in [0, 0.05) is 63.9 Å². The van der Waals surface area contributed by atoms with Crippen LogP contribution in [0.3, 0.4) is 0 Å². The summed E-state index contributed by atoms with van der Waals surface area (Å²) >= 11 is 4.70. The number of nitrogens with one attached hydrogen (secondary N) is 8. The molecule has 17 nitrogen and oxygen atoms in total. The third-order valence-corrected chi connectivity index (χ3v) is 11.6. The Morgan fingerprint density at radius 3 is 2.22 bits per heavy atom. The van der Waals surface area contributed by atoms with Gasteiger partial charge in [-0.15, -0.1) is 11.3 Å². The van der Waals surface area contributed by atoms with Crippen LogP contribution in [0.25, 0.3) is 21.8 Å². The van der Waals surface area contributed by atoms with E-state index in [-0.39, 0.29) is 30.8 Å². The van der Waals surface area contributed by atoms with E-state index in [1.165, 1.54) is 19.4 Å². The molecule has 0 saturated heterocycles. The van der Waals surface area contributed by atoms with E-state index in [2.05, 4.69) is 62.8 Å². The number of H-pyrrole nitrogens is 2. The zero-order chi connectivity index (χ0) is 43.2. The van der Waals surface area contributed by atoms with Crippen LogP contribution in [0.1, 0.15) is 60.4 Å². The zero-order valence-electron chi connectivity index (χ0n) is 33.4. The number of nitrogens with zero attached hydrogens (tertiary/aromatic N) is 2. The summed E-state index contributed by atoms with van der Waals surface area (Å²) in [6, 6.07) is 8.79. The van der Waals surface area contributed by atoms with Crippen LogP contribution in [0.2, 0.25) is 0 Å². The van der Waals surface area contributed by atoms with E-state index in [1.807, 2.05) is 42.5 Å². The van der Waals surface area contributed by atoms with Crippen molar-refractivity contribution in [1.82, 2.24) is 51.8 Å². The molecular formula is C41H45BrN10O7S. The van der Waals surface area contributed by atoms with Gasteiger partial charge in [0.15, 0.2) is 0 Å². The fourth-order valence-corrected chi connectivity index (χ4v) is 8.15. The Morgan fingerprint density at radius 2 is 1.45 bits per heavy atom. The van der Waals surface area contributed by atoms with Crippen molar-refractivity contribution in [2.45, 2.75) is 64.7 Å². The van der Waals surface area contributed by atoms with Crippen LogP contribution in [-0.4, -0.2) is 99.5 Å². The molecule has 0 radical (unpaired) electrons. The van der Waals surface area contributed by atoms with E-state index in [0.29, 0.717) is 16.1 Å². The van der Waals surface area contributed by atoms with Crippen LogP contribution in [0.5, 0.6) is 0 Å². The normalized spacial score (nSPS) is 20.8. The van der Waals surface area contributed by atoms with Crippen molar-refractivity contribution in [2.24, 2.45) is 0 Å². The number of thiazole rings is 1. The lowest BCUT2D eigenvalue weighted by Crippen LogP contribution is -2.56. The van der Waals surface area contributed by atoms with E-state index in [0.717, 1.165) is 48.1 Å².